The summed E-state index contributed by atoms with van der Waals surface area (Å²) < 4.78 is 10.2. The summed E-state index contributed by atoms with van der Waals surface area (Å²) in [6, 6.07) is 5.29. The molecule has 0 aliphatic carbocycles. The first kappa shape index (κ1) is 9.67. The summed E-state index contributed by atoms with van der Waals surface area (Å²) in [7, 11) is 4.54. The highest BCUT2D eigenvalue weighted by Gasteiger charge is 2.10. The Hall–Kier alpha value is -1.42. The molecule has 1 aromatic carbocycles. The van der Waals surface area contributed by atoms with Crippen LogP contribution in [0.25, 0.3) is 0 Å². The van der Waals surface area contributed by atoms with Crippen molar-refractivity contribution in [2.75, 3.05) is 21.3 Å². The minimum Gasteiger partial charge on any atom is -0.493 e. The van der Waals surface area contributed by atoms with E-state index >= 15 is 0 Å². The monoisotopic (exact) mass is 184 g/mol. The van der Waals surface area contributed by atoms with Gasteiger partial charge in [0, 0.05) is 0 Å². The first-order valence-corrected chi connectivity index (χ1v) is 3.75. The van der Waals surface area contributed by atoms with Gasteiger partial charge in [0.15, 0.2) is 5.75 Å². The first-order valence-electron chi connectivity index (χ1n) is 3.75. The number of benzene rings is 1. The summed E-state index contributed by atoms with van der Waals surface area (Å²) >= 11 is 0. The van der Waals surface area contributed by atoms with Crippen LogP contribution in [0.1, 0.15) is 0 Å². The fraction of sp³-hybridized carbons (Fsp3) is 0.333. The third-order valence-corrected chi connectivity index (χ3v) is 1.54. The van der Waals surface area contributed by atoms with Crippen LogP contribution >= 0.6 is 0 Å². The minimum atomic E-state index is 0.490. The van der Waals surface area contributed by atoms with Crippen LogP contribution in [0.15, 0.2) is 18.2 Å². The van der Waals surface area contributed by atoms with E-state index in [-0.39, 0.29) is 0 Å². The van der Waals surface area contributed by atoms with Gasteiger partial charge in [-0.15, -0.1) is 0 Å². The maximum absolute atomic E-state index is 5.09. The van der Waals surface area contributed by atoms with Crippen molar-refractivity contribution in [1.82, 2.24) is 0 Å². The van der Waals surface area contributed by atoms with E-state index < -0.39 is 0 Å². The molecule has 0 saturated heterocycles. The molecule has 0 fully saturated rings. The Labute approximate surface area is 76.9 Å². The molecule has 0 amide bonds. The number of hydrogen-bond donors (Lipinski definition) is 0. The molecule has 0 aliphatic rings. The maximum Gasteiger partial charge on any atom is 0.211 e. The van der Waals surface area contributed by atoms with Gasteiger partial charge in [-0.25, -0.2) is 0 Å². The Morgan fingerprint density at radius 1 is 0.923 bits per heavy atom. The molecule has 0 atom stereocenters. The highest BCUT2D eigenvalue weighted by molar-refractivity contribution is 5.50. The van der Waals surface area contributed by atoms with Crippen molar-refractivity contribution < 1.29 is 19.2 Å². The average Bonchev–Trinajstić information content (AvgIpc) is 2.18. The molecule has 0 bridgehead atoms. The lowest BCUT2D eigenvalue weighted by Crippen LogP contribution is -1.96. The molecule has 13 heavy (non-hydrogen) atoms. The smallest absolute Gasteiger partial charge is 0.211 e. The van der Waals surface area contributed by atoms with Gasteiger partial charge in [0.1, 0.15) is 0 Å². The van der Waals surface area contributed by atoms with Gasteiger partial charge in [-0.1, -0.05) is 6.07 Å². The molecule has 0 heterocycles. The molecular formula is C9H12O4. The molecule has 1 rings (SSSR count). The van der Waals surface area contributed by atoms with Gasteiger partial charge in [-0.05, 0) is 12.1 Å². The third kappa shape index (κ3) is 2.03. The standard InChI is InChI=1S/C9H12O4/c1-10-7-5-4-6-8(13-12-3)9(7)11-2/h4-6H,1-3H3. The van der Waals surface area contributed by atoms with E-state index in [9.17, 15) is 0 Å². The van der Waals surface area contributed by atoms with Gasteiger partial charge >= 0.3 is 0 Å². The molecular weight excluding hydrogens is 172 g/mol. The van der Waals surface area contributed by atoms with E-state index in [0.717, 1.165) is 0 Å². The zero-order valence-electron chi connectivity index (χ0n) is 7.87. The van der Waals surface area contributed by atoms with E-state index in [1.807, 2.05) is 0 Å². The summed E-state index contributed by atoms with van der Waals surface area (Å²) in [6.45, 7) is 0. The van der Waals surface area contributed by atoms with Crippen LogP contribution in [0, 0.1) is 0 Å². The van der Waals surface area contributed by atoms with Crippen molar-refractivity contribution in [3.63, 3.8) is 0 Å². The molecule has 1 aromatic rings. The zero-order valence-corrected chi connectivity index (χ0v) is 7.87. The minimum absolute atomic E-state index is 0.490. The largest absolute Gasteiger partial charge is 0.493 e. The Bertz CT molecular complexity index is 272. The lowest BCUT2D eigenvalue weighted by Gasteiger charge is -2.10. The third-order valence-electron chi connectivity index (χ3n) is 1.54. The van der Waals surface area contributed by atoms with Gasteiger partial charge in [0.05, 0.1) is 21.3 Å². The summed E-state index contributed by atoms with van der Waals surface area (Å²) in [5.74, 6) is 1.62. The van der Waals surface area contributed by atoms with Crippen LogP contribution in [0.5, 0.6) is 17.2 Å². The highest BCUT2D eigenvalue weighted by atomic mass is 17.2. The first-order chi connectivity index (χ1) is 6.33. The number of methoxy groups -OCH3 is 2. The fourth-order valence-corrected chi connectivity index (χ4v) is 1.01. The van der Waals surface area contributed by atoms with E-state index in [1.54, 1.807) is 32.4 Å². The second-order valence-electron chi connectivity index (χ2n) is 2.24. The van der Waals surface area contributed by atoms with Gasteiger partial charge in [0.2, 0.25) is 11.5 Å². The molecule has 0 unspecified atom stereocenters. The fourth-order valence-electron chi connectivity index (χ4n) is 1.01. The number of hydrogen-bond acceptors (Lipinski definition) is 4. The lowest BCUT2D eigenvalue weighted by atomic mass is 10.3. The van der Waals surface area contributed by atoms with Crippen molar-refractivity contribution in [3.05, 3.63) is 18.2 Å². The van der Waals surface area contributed by atoms with Crippen LogP contribution in [-0.2, 0) is 4.89 Å². The molecule has 4 heteroatoms. The van der Waals surface area contributed by atoms with E-state index in [2.05, 4.69) is 4.89 Å². The molecule has 0 N–H and O–H groups in total. The van der Waals surface area contributed by atoms with Crippen molar-refractivity contribution in [3.8, 4) is 17.2 Å². The van der Waals surface area contributed by atoms with Crippen molar-refractivity contribution >= 4 is 0 Å². The highest BCUT2D eigenvalue weighted by Crippen LogP contribution is 2.36. The predicted molar refractivity (Wildman–Crippen MR) is 47.2 cm³/mol. The molecule has 0 aliphatic heterocycles. The molecule has 72 valence electrons. The summed E-state index contributed by atoms with van der Waals surface area (Å²) in [5.41, 5.74) is 0. The van der Waals surface area contributed by atoms with Gasteiger partial charge in [-0.2, -0.15) is 4.89 Å². The van der Waals surface area contributed by atoms with Crippen LogP contribution < -0.4 is 14.4 Å². The SMILES string of the molecule is COOc1cccc(OC)c1OC. The van der Waals surface area contributed by atoms with Crippen LogP contribution in [0.2, 0.25) is 0 Å². The van der Waals surface area contributed by atoms with Crippen molar-refractivity contribution in [1.29, 1.82) is 0 Å². The second-order valence-corrected chi connectivity index (χ2v) is 2.24. The van der Waals surface area contributed by atoms with E-state index in [1.165, 1.54) is 7.11 Å². The Morgan fingerprint density at radius 2 is 1.62 bits per heavy atom. The summed E-state index contributed by atoms with van der Waals surface area (Å²) in [4.78, 5) is 9.40. The quantitative estimate of drug-likeness (QED) is 0.526. The predicted octanol–water partition coefficient (Wildman–Crippen LogP) is 1.64. The normalized spacial score (nSPS) is 9.46. The number of para-hydroxylation sites is 1. The maximum atomic E-state index is 5.09. The summed E-state index contributed by atoms with van der Waals surface area (Å²) in [5, 5.41) is 0. The molecule has 0 spiro atoms. The Kier molecular flexibility index (Phi) is 3.40. The van der Waals surface area contributed by atoms with Crippen LogP contribution in [0.4, 0.5) is 0 Å². The van der Waals surface area contributed by atoms with Gasteiger partial charge in [-0.3, -0.25) is 0 Å². The van der Waals surface area contributed by atoms with Crippen molar-refractivity contribution in [2.45, 2.75) is 0 Å². The van der Waals surface area contributed by atoms with Crippen LogP contribution in [-0.4, -0.2) is 21.3 Å². The van der Waals surface area contributed by atoms with Gasteiger partial charge < -0.3 is 14.4 Å². The molecule has 0 aromatic heterocycles. The van der Waals surface area contributed by atoms with Crippen LogP contribution in [0.3, 0.4) is 0 Å². The topological polar surface area (TPSA) is 36.9 Å². The zero-order chi connectivity index (χ0) is 9.68. The number of rotatable bonds is 4. The lowest BCUT2D eigenvalue weighted by molar-refractivity contribution is -0.179. The number of ether oxygens (including phenoxy) is 2. The molecule has 0 saturated carbocycles. The van der Waals surface area contributed by atoms with E-state index in [0.29, 0.717) is 17.2 Å². The second kappa shape index (κ2) is 4.57. The molecule has 0 radical (unpaired) electrons. The van der Waals surface area contributed by atoms with Gasteiger partial charge in [0.25, 0.3) is 0 Å². The van der Waals surface area contributed by atoms with E-state index in [4.69, 9.17) is 14.4 Å². The van der Waals surface area contributed by atoms with Crippen molar-refractivity contribution in [2.24, 2.45) is 0 Å². The summed E-state index contributed by atoms with van der Waals surface area (Å²) in [6.07, 6.45) is 0. The average molecular weight is 184 g/mol. The Morgan fingerprint density at radius 3 is 2.15 bits per heavy atom. The Balaban J connectivity index is 3.03. The molecule has 4 nitrogen and oxygen atoms in total.